The fraction of sp³-hybridized carbons (Fsp3) is 0.968. The van der Waals surface area contributed by atoms with Gasteiger partial charge in [0.15, 0.2) is 0 Å². The summed E-state index contributed by atoms with van der Waals surface area (Å²) in [7, 11) is 1.57. The highest BCUT2D eigenvalue weighted by Gasteiger charge is 2.70. The summed E-state index contributed by atoms with van der Waals surface area (Å²) in [6.07, 6.45) is 15.3. The molecule has 2 nitrogen and oxygen atoms in total. The van der Waals surface area contributed by atoms with Crippen LogP contribution in [0.1, 0.15) is 119 Å². The molecule has 2 heteroatoms. The van der Waals surface area contributed by atoms with E-state index < -0.39 is 0 Å². The fourth-order valence-corrected chi connectivity index (χ4v) is 12.3. The number of esters is 1. The van der Waals surface area contributed by atoms with Gasteiger partial charge in [0, 0.05) is 0 Å². The van der Waals surface area contributed by atoms with Gasteiger partial charge < -0.3 is 4.74 Å². The first-order valence-corrected chi connectivity index (χ1v) is 14.4. The Balaban J connectivity index is 1.48. The molecule has 0 aromatic carbocycles. The summed E-state index contributed by atoms with van der Waals surface area (Å²) in [6, 6.07) is 0. The Morgan fingerprint density at radius 2 is 1.33 bits per heavy atom. The van der Waals surface area contributed by atoms with Crippen LogP contribution in [0.25, 0.3) is 0 Å². The van der Waals surface area contributed by atoms with Crippen molar-refractivity contribution >= 4 is 5.97 Å². The first-order valence-electron chi connectivity index (χ1n) is 14.4. The lowest BCUT2D eigenvalue weighted by atomic mass is 9.32. The van der Waals surface area contributed by atoms with Crippen molar-refractivity contribution in [2.75, 3.05) is 7.11 Å². The Hall–Kier alpha value is -0.530. The summed E-state index contributed by atoms with van der Waals surface area (Å²) >= 11 is 0. The molecule has 0 amide bonds. The second-order valence-electron chi connectivity index (χ2n) is 15.1. The van der Waals surface area contributed by atoms with Crippen LogP contribution in [0.15, 0.2) is 0 Å². The Morgan fingerprint density at radius 1 is 0.727 bits per heavy atom. The highest BCUT2D eigenvalue weighted by molar-refractivity contribution is 5.72. The zero-order chi connectivity index (χ0) is 24.0. The van der Waals surface area contributed by atoms with Gasteiger partial charge in [-0.1, -0.05) is 54.9 Å². The molecule has 0 bridgehead atoms. The van der Waals surface area contributed by atoms with E-state index in [9.17, 15) is 4.79 Å². The van der Waals surface area contributed by atoms with E-state index in [1.807, 2.05) is 0 Å². The Morgan fingerprint density at radius 3 is 1.97 bits per heavy atom. The molecule has 0 heterocycles. The van der Waals surface area contributed by atoms with Crippen molar-refractivity contribution in [2.24, 2.45) is 62.6 Å². The number of ether oxygens (including phenoxy) is 1. The van der Waals surface area contributed by atoms with Crippen molar-refractivity contribution in [3.63, 3.8) is 0 Å². The topological polar surface area (TPSA) is 26.3 Å². The van der Waals surface area contributed by atoms with Crippen LogP contribution in [0.5, 0.6) is 0 Å². The van der Waals surface area contributed by atoms with Crippen molar-refractivity contribution in [1.82, 2.24) is 0 Å². The molecule has 5 fully saturated rings. The van der Waals surface area contributed by atoms with E-state index in [1.54, 1.807) is 7.11 Å². The van der Waals surface area contributed by atoms with Gasteiger partial charge in [-0.3, -0.25) is 4.79 Å². The molecular formula is C31H52O2. The van der Waals surface area contributed by atoms with E-state index in [4.69, 9.17) is 4.74 Å². The Labute approximate surface area is 204 Å². The number of carbonyl (C=O) groups excluding carboxylic acids is 1. The number of fused-ring (bicyclic) bond motifs is 7. The maximum Gasteiger partial charge on any atom is 0.308 e. The molecule has 0 aliphatic heterocycles. The molecule has 5 aliphatic carbocycles. The quantitative estimate of drug-likeness (QED) is 0.391. The zero-order valence-electron chi connectivity index (χ0n) is 23.1. The molecular weight excluding hydrogens is 404 g/mol. The molecule has 5 aliphatic rings. The van der Waals surface area contributed by atoms with Gasteiger partial charge in [0.05, 0.1) is 13.0 Å². The largest absolute Gasteiger partial charge is 0.469 e. The molecule has 1 unspecified atom stereocenters. The van der Waals surface area contributed by atoms with Crippen LogP contribution < -0.4 is 0 Å². The first-order chi connectivity index (χ1) is 15.3. The SMILES string of the molecule is COC(=O)C(C)[C@H]1CC[C@]2(C)[C@H]3CC[C@@H]4[C@@]5(C)CCCC(C)(C)[C@@H]5CC[C@@]4(C)[C@]3(C)CC[C@@H]12. The third-order valence-electron chi connectivity index (χ3n) is 14.0. The van der Waals surface area contributed by atoms with Crippen molar-refractivity contribution in [1.29, 1.82) is 0 Å². The predicted molar refractivity (Wildman–Crippen MR) is 136 cm³/mol. The standard InChI is InChI=1S/C31H52O2/c1-20(26(32)33-8)21-12-17-28(4)22(21)13-18-30(6)24(28)10-11-25-29(5)16-9-15-27(2,3)23(29)14-19-31(25,30)7/h20-25H,9-19H2,1-8H3/t20?,21-,22+,23+,24-,25-,28+,29+,30-,31-/m1/s1. The number of carbonyl (C=O) groups is 1. The summed E-state index contributed by atoms with van der Waals surface area (Å²) in [5.74, 6) is 3.89. The molecule has 0 aromatic rings. The van der Waals surface area contributed by atoms with E-state index in [0.29, 0.717) is 38.9 Å². The smallest absolute Gasteiger partial charge is 0.308 e. The Bertz CT molecular complexity index is 801. The van der Waals surface area contributed by atoms with Gasteiger partial charge in [0.2, 0.25) is 0 Å². The van der Waals surface area contributed by atoms with Crippen molar-refractivity contribution in [3.8, 4) is 0 Å². The highest BCUT2D eigenvalue weighted by Crippen LogP contribution is 2.78. The molecule has 5 rings (SSSR count). The van der Waals surface area contributed by atoms with Gasteiger partial charge in [0.1, 0.15) is 0 Å². The van der Waals surface area contributed by atoms with E-state index in [2.05, 4.69) is 48.5 Å². The number of methoxy groups -OCH3 is 1. The normalized spacial score (nSPS) is 53.8. The number of rotatable bonds is 2. The average molecular weight is 457 g/mol. The van der Waals surface area contributed by atoms with Gasteiger partial charge in [0.25, 0.3) is 0 Å². The zero-order valence-corrected chi connectivity index (χ0v) is 23.1. The number of hydrogen-bond acceptors (Lipinski definition) is 2. The summed E-state index contributed by atoms with van der Waals surface area (Å²) in [4.78, 5) is 12.5. The van der Waals surface area contributed by atoms with Crippen LogP contribution in [0.2, 0.25) is 0 Å². The Kier molecular flexibility index (Phi) is 5.49. The van der Waals surface area contributed by atoms with Crippen LogP contribution in [-0.4, -0.2) is 13.1 Å². The first kappa shape index (κ1) is 24.2. The molecule has 33 heavy (non-hydrogen) atoms. The molecule has 0 radical (unpaired) electrons. The number of hydrogen-bond donors (Lipinski definition) is 0. The second-order valence-corrected chi connectivity index (χ2v) is 15.1. The van der Waals surface area contributed by atoms with Gasteiger partial charge in [-0.15, -0.1) is 0 Å². The monoisotopic (exact) mass is 456 g/mol. The fourth-order valence-electron chi connectivity index (χ4n) is 12.3. The molecule has 0 aromatic heterocycles. The van der Waals surface area contributed by atoms with E-state index in [0.717, 1.165) is 17.8 Å². The highest BCUT2D eigenvalue weighted by atomic mass is 16.5. The lowest BCUT2D eigenvalue weighted by molar-refractivity contribution is -0.241. The van der Waals surface area contributed by atoms with E-state index in [-0.39, 0.29) is 11.9 Å². The minimum absolute atomic E-state index is 0.0133. The van der Waals surface area contributed by atoms with Gasteiger partial charge in [-0.05, 0) is 121 Å². The van der Waals surface area contributed by atoms with Crippen LogP contribution in [0, 0.1) is 62.6 Å². The van der Waals surface area contributed by atoms with Crippen LogP contribution in [-0.2, 0) is 9.53 Å². The maximum atomic E-state index is 12.5. The average Bonchev–Trinajstić information content (AvgIpc) is 3.09. The summed E-state index contributed by atoms with van der Waals surface area (Å²) in [5.41, 5.74) is 2.35. The van der Waals surface area contributed by atoms with E-state index >= 15 is 0 Å². The van der Waals surface area contributed by atoms with Crippen LogP contribution in [0.3, 0.4) is 0 Å². The van der Waals surface area contributed by atoms with Crippen molar-refractivity contribution in [3.05, 3.63) is 0 Å². The third-order valence-corrected chi connectivity index (χ3v) is 14.0. The van der Waals surface area contributed by atoms with Gasteiger partial charge in [-0.25, -0.2) is 0 Å². The third kappa shape index (κ3) is 3.00. The molecule has 0 saturated heterocycles. The lowest BCUT2D eigenvalue weighted by Gasteiger charge is -2.73. The molecule has 0 spiro atoms. The predicted octanol–water partition coefficient (Wildman–Crippen LogP) is 8.29. The second kappa shape index (κ2) is 7.49. The summed E-state index contributed by atoms with van der Waals surface area (Å²) < 4.78 is 5.19. The minimum atomic E-state index is 0.0133. The van der Waals surface area contributed by atoms with Crippen molar-refractivity contribution < 1.29 is 9.53 Å². The van der Waals surface area contributed by atoms with Crippen LogP contribution in [0.4, 0.5) is 0 Å². The van der Waals surface area contributed by atoms with Gasteiger partial charge in [-0.2, -0.15) is 0 Å². The van der Waals surface area contributed by atoms with Gasteiger partial charge >= 0.3 is 5.97 Å². The summed E-state index contributed by atoms with van der Waals surface area (Å²) in [5, 5.41) is 0. The van der Waals surface area contributed by atoms with Crippen molar-refractivity contribution in [2.45, 2.75) is 119 Å². The maximum absolute atomic E-state index is 12.5. The minimum Gasteiger partial charge on any atom is -0.469 e. The van der Waals surface area contributed by atoms with Crippen LogP contribution >= 0.6 is 0 Å². The molecule has 10 atom stereocenters. The van der Waals surface area contributed by atoms with E-state index in [1.165, 1.54) is 70.6 Å². The molecule has 5 saturated carbocycles. The summed E-state index contributed by atoms with van der Waals surface area (Å²) in [6.45, 7) is 18.2. The molecule has 0 N–H and O–H groups in total. The lowest BCUT2D eigenvalue weighted by Crippen LogP contribution is -2.65. The molecule has 188 valence electrons.